The highest BCUT2D eigenvalue weighted by molar-refractivity contribution is 5.88. The van der Waals surface area contributed by atoms with E-state index in [1.807, 2.05) is 0 Å². The van der Waals surface area contributed by atoms with Crippen LogP contribution >= 0.6 is 0 Å². The summed E-state index contributed by atoms with van der Waals surface area (Å²) in [5.41, 5.74) is 3.59. The molecule has 0 radical (unpaired) electrons. The molecule has 1 saturated carbocycles. The summed E-state index contributed by atoms with van der Waals surface area (Å²) in [4.78, 5) is 13.3. The highest BCUT2D eigenvalue weighted by atomic mass is 19.3. The van der Waals surface area contributed by atoms with E-state index >= 15 is 0 Å². The highest BCUT2D eigenvalue weighted by Gasteiger charge is 2.75. The molecule has 98 valence electrons. The monoisotopic (exact) mass is 249 g/mol. The van der Waals surface area contributed by atoms with Crippen molar-refractivity contribution in [2.45, 2.75) is 18.4 Å². The average Bonchev–Trinajstić information content (AvgIpc) is 2.91. The number of aliphatic hydroxyl groups is 1. The lowest BCUT2D eigenvalue weighted by Crippen LogP contribution is -2.46. The van der Waals surface area contributed by atoms with E-state index in [1.165, 1.54) is 4.90 Å². The van der Waals surface area contributed by atoms with Crippen LogP contribution in [-0.2, 0) is 4.79 Å². The van der Waals surface area contributed by atoms with Gasteiger partial charge in [-0.2, -0.15) is 0 Å². The Labute approximate surface area is 97.9 Å². The third-order valence-electron chi connectivity index (χ3n) is 3.51. The lowest BCUT2D eigenvalue weighted by Gasteiger charge is -2.26. The summed E-state index contributed by atoms with van der Waals surface area (Å²) in [6, 6.07) is 0. The smallest absolute Gasteiger partial charge is 0.265 e. The summed E-state index contributed by atoms with van der Waals surface area (Å²) in [7, 11) is 0. The van der Waals surface area contributed by atoms with Crippen molar-refractivity contribution in [3.63, 3.8) is 0 Å². The van der Waals surface area contributed by atoms with Crippen LogP contribution in [0, 0.1) is 5.41 Å². The van der Waals surface area contributed by atoms with Crippen LogP contribution in [0.2, 0.25) is 0 Å². The Morgan fingerprint density at radius 2 is 2.24 bits per heavy atom. The van der Waals surface area contributed by atoms with E-state index in [9.17, 15) is 18.7 Å². The van der Waals surface area contributed by atoms with Crippen molar-refractivity contribution in [3.8, 4) is 0 Å². The summed E-state index contributed by atoms with van der Waals surface area (Å²) < 4.78 is 26.5. The number of carbonyl (C=O) groups excluding carboxylic acids is 1. The van der Waals surface area contributed by atoms with Crippen LogP contribution in [0.4, 0.5) is 8.78 Å². The molecule has 0 spiro atoms. The first-order valence-electron chi connectivity index (χ1n) is 5.69. The molecule has 0 aromatic carbocycles. The number of halogens is 2. The number of hydrogen-bond acceptors (Lipinski definition) is 4. The fraction of sp³-hybridized carbons (Fsp3) is 0.900. The number of rotatable bonds is 2. The second-order valence-electron chi connectivity index (χ2n) is 4.78. The molecule has 2 unspecified atom stereocenters. The van der Waals surface area contributed by atoms with E-state index in [0.29, 0.717) is 19.6 Å². The first-order chi connectivity index (χ1) is 7.93. The average molecular weight is 249 g/mol. The molecule has 7 heteroatoms. The van der Waals surface area contributed by atoms with Crippen molar-refractivity contribution in [3.05, 3.63) is 0 Å². The standard InChI is InChI=1S/C10H17F2N3O2/c11-10(12)5-9(10,6-13)8(17)15-2-1-14-3-7(16)4-15/h7,14,16H,1-6,13H2. The third kappa shape index (κ3) is 2.02. The number of hydrogen-bond donors (Lipinski definition) is 3. The van der Waals surface area contributed by atoms with Gasteiger partial charge in [0.15, 0.2) is 0 Å². The van der Waals surface area contributed by atoms with Crippen LogP contribution in [0.15, 0.2) is 0 Å². The number of alkyl halides is 2. The van der Waals surface area contributed by atoms with Crippen LogP contribution in [0.3, 0.4) is 0 Å². The van der Waals surface area contributed by atoms with E-state index in [0.717, 1.165) is 0 Å². The predicted molar refractivity (Wildman–Crippen MR) is 56.5 cm³/mol. The van der Waals surface area contributed by atoms with Crippen LogP contribution in [0.25, 0.3) is 0 Å². The number of β-amino-alcohol motifs (C(OH)–C–C–N with tert-alkyl or cyclic N) is 1. The summed E-state index contributed by atoms with van der Waals surface area (Å²) in [5, 5.41) is 12.5. The summed E-state index contributed by atoms with van der Waals surface area (Å²) >= 11 is 0. The van der Waals surface area contributed by atoms with E-state index < -0.39 is 29.8 Å². The zero-order chi connectivity index (χ0) is 12.7. The fourth-order valence-corrected chi connectivity index (χ4v) is 2.26. The molecule has 2 fully saturated rings. The van der Waals surface area contributed by atoms with Gasteiger partial charge in [-0.15, -0.1) is 0 Å². The summed E-state index contributed by atoms with van der Waals surface area (Å²) in [6.07, 6.45) is -1.20. The van der Waals surface area contributed by atoms with E-state index in [2.05, 4.69) is 5.32 Å². The van der Waals surface area contributed by atoms with Crippen LogP contribution in [-0.4, -0.2) is 60.7 Å². The van der Waals surface area contributed by atoms with Crippen molar-refractivity contribution >= 4 is 5.91 Å². The molecule has 4 N–H and O–H groups in total. The normalized spacial score (nSPS) is 36.5. The van der Waals surface area contributed by atoms with Crippen molar-refractivity contribution in [1.29, 1.82) is 0 Å². The Kier molecular flexibility index (Phi) is 3.09. The van der Waals surface area contributed by atoms with Gasteiger partial charge in [0.2, 0.25) is 5.91 Å². The number of nitrogens with zero attached hydrogens (tertiary/aromatic N) is 1. The number of aliphatic hydroxyl groups excluding tert-OH is 1. The summed E-state index contributed by atoms with van der Waals surface area (Å²) in [6.45, 7) is 0.932. The minimum absolute atomic E-state index is 0.0870. The van der Waals surface area contributed by atoms with Crippen molar-refractivity contribution in [2.24, 2.45) is 11.1 Å². The maximum absolute atomic E-state index is 13.3. The maximum Gasteiger partial charge on any atom is 0.265 e. The Balaban J connectivity index is 2.09. The lowest BCUT2D eigenvalue weighted by molar-refractivity contribution is -0.141. The molecule has 2 rings (SSSR count). The van der Waals surface area contributed by atoms with Gasteiger partial charge in [-0.05, 0) is 0 Å². The Morgan fingerprint density at radius 3 is 2.76 bits per heavy atom. The fourth-order valence-electron chi connectivity index (χ4n) is 2.26. The largest absolute Gasteiger partial charge is 0.390 e. The van der Waals surface area contributed by atoms with Crippen molar-refractivity contribution in [1.82, 2.24) is 10.2 Å². The van der Waals surface area contributed by atoms with Crippen LogP contribution in [0.1, 0.15) is 6.42 Å². The SMILES string of the molecule is NCC1(C(=O)N2CCNCC(O)C2)CC1(F)F. The molecule has 17 heavy (non-hydrogen) atoms. The lowest BCUT2D eigenvalue weighted by atomic mass is 10.0. The number of carbonyl (C=O) groups is 1. The number of nitrogens with two attached hydrogens (primary N) is 1. The number of nitrogens with one attached hydrogen (secondary N) is 1. The first-order valence-corrected chi connectivity index (χ1v) is 5.69. The van der Waals surface area contributed by atoms with Gasteiger partial charge in [0, 0.05) is 39.1 Å². The third-order valence-corrected chi connectivity index (χ3v) is 3.51. The van der Waals surface area contributed by atoms with Gasteiger partial charge in [-0.25, -0.2) is 8.78 Å². The minimum Gasteiger partial charge on any atom is -0.390 e. The Morgan fingerprint density at radius 1 is 1.59 bits per heavy atom. The van der Waals surface area contributed by atoms with Gasteiger partial charge in [0.25, 0.3) is 5.92 Å². The molecule has 0 bridgehead atoms. The predicted octanol–water partition coefficient (Wildman–Crippen LogP) is -1.24. The van der Waals surface area contributed by atoms with Crippen molar-refractivity contribution in [2.75, 3.05) is 32.7 Å². The highest BCUT2D eigenvalue weighted by Crippen LogP contribution is 2.60. The molecule has 2 aliphatic rings. The zero-order valence-corrected chi connectivity index (χ0v) is 9.46. The van der Waals surface area contributed by atoms with Gasteiger partial charge in [-0.3, -0.25) is 4.79 Å². The molecule has 0 aromatic heterocycles. The molecular formula is C10H17F2N3O2. The van der Waals surface area contributed by atoms with Gasteiger partial charge < -0.3 is 21.1 Å². The van der Waals surface area contributed by atoms with Gasteiger partial charge in [-0.1, -0.05) is 0 Å². The van der Waals surface area contributed by atoms with Crippen LogP contribution < -0.4 is 11.1 Å². The first kappa shape index (κ1) is 12.7. The molecule has 5 nitrogen and oxygen atoms in total. The summed E-state index contributed by atoms with van der Waals surface area (Å²) in [5.74, 6) is -3.63. The molecule has 1 amide bonds. The molecule has 1 aliphatic carbocycles. The van der Waals surface area contributed by atoms with Gasteiger partial charge in [0.05, 0.1) is 6.10 Å². The van der Waals surface area contributed by atoms with E-state index in [-0.39, 0.29) is 13.1 Å². The number of amides is 1. The molecule has 0 aromatic rings. The topological polar surface area (TPSA) is 78.6 Å². The molecule has 1 aliphatic heterocycles. The second kappa shape index (κ2) is 4.15. The van der Waals surface area contributed by atoms with Gasteiger partial charge in [0.1, 0.15) is 5.41 Å². The van der Waals surface area contributed by atoms with E-state index in [1.54, 1.807) is 0 Å². The zero-order valence-electron chi connectivity index (χ0n) is 9.46. The Bertz CT molecular complexity index is 327. The quantitative estimate of drug-likeness (QED) is 0.572. The van der Waals surface area contributed by atoms with E-state index in [4.69, 9.17) is 5.73 Å². The molecule has 1 saturated heterocycles. The second-order valence-corrected chi connectivity index (χ2v) is 4.78. The van der Waals surface area contributed by atoms with Crippen molar-refractivity contribution < 1.29 is 18.7 Å². The molecular weight excluding hydrogens is 232 g/mol. The van der Waals surface area contributed by atoms with Crippen LogP contribution in [0.5, 0.6) is 0 Å². The maximum atomic E-state index is 13.3. The minimum atomic E-state index is -3.00. The van der Waals surface area contributed by atoms with Gasteiger partial charge >= 0.3 is 0 Å². The molecule has 2 atom stereocenters. The molecule has 1 heterocycles. The Hall–Kier alpha value is -0.790.